The zero-order valence-electron chi connectivity index (χ0n) is 17.4. The highest BCUT2D eigenvalue weighted by atomic mass is 16.6. The van der Waals surface area contributed by atoms with Gasteiger partial charge in [-0.2, -0.15) is 0 Å². The van der Waals surface area contributed by atoms with Crippen molar-refractivity contribution >= 4 is 17.8 Å². The lowest BCUT2D eigenvalue weighted by molar-refractivity contribution is -0.133. The van der Waals surface area contributed by atoms with Crippen LogP contribution in [0, 0.1) is 0 Å². The third-order valence-corrected chi connectivity index (χ3v) is 6.22. The number of amides is 4. The van der Waals surface area contributed by atoms with Crippen molar-refractivity contribution in [1.29, 1.82) is 0 Å². The third-order valence-electron chi connectivity index (χ3n) is 6.22. The molecule has 0 atom stereocenters. The zero-order chi connectivity index (χ0) is 21.1. The van der Waals surface area contributed by atoms with Crippen LogP contribution in [-0.4, -0.2) is 59.5 Å². The number of benzene rings is 1. The number of rotatable bonds is 7. The standard InChI is InChI=1S/C22H29N3O5/c1-2-24(15-16-7-5-8-17-19(16)30-14-13-29-17)18(26)9-6-12-25-20(27)22(23-21(25)28)10-3-4-11-22/h5,7-8H,2-4,6,9-15H2,1H3,(H,23,28). The van der Waals surface area contributed by atoms with Gasteiger partial charge in [0, 0.05) is 31.6 Å². The second-order valence-electron chi connectivity index (χ2n) is 8.13. The normalized spacial score (nSPS) is 19.3. The number of hydrogen-bond donors (Lipinski definition) is 1. The van der Waals surface area contributed by atoms with E-state index in [2.05, 4.69) is 5.32 Å². The minimum atomic E-state index is -0.689. The molecular weight excluding hydrogens is 386 g/mol. The Bertz CT molecular complexity index is 834. The number of ether oxygens (including phenoxy) is 2. The molecular formula is C22H29N3O5. The summed E-state index contributed by atoms with van der Waals surface area (Å²) in [6.45, 7) is 4.23. The topological polar surface area (TPSA) is 88.2 Å². The summed E-state index contributed by atoms with van der Waals surface area (Å²) < 4.78 is 11.4. The van der Waals surface area contributed by atoms with E-state index in [1.165, 1.54) is 4.90 Å². The third kappa shape index (κ3) is 3.82. The number of imide groups is 1. The molecule has 4 amide bonds. The van der Waals surface area contributed by atoms with E-state index in [0.717, 1.165) is 18.4 Å². The van der Waals surface area contributed by atoms with Gasteiger partial charge in [-0.1, -0.05) is 25.0 Å². The number of carbonyl (C=O) groups excluding carboxylic acids is 3. The molecule has 1 aromatic rings. The lowest BCUT2D eigenvalue weighted by Crippen LogP contribution is -2.44. The van der Waals surface area contributed by atoms with Gasteiger partial charge in [-0.05, 0) is 32.3 Å². The van der Waals surface area contributed by atoms with Crippen molar-refractivity contribution in [2.45, 2.75) is 57.5 Å². The predicted molar refractivity (Wildman–Crippen MR) is 109 cm³/mol. The molecule has 4 rings (SSSR count). The Morgan fingerprint density at radius 1 is 1.20 bits per heavy atom. The molecule has 162 valence electrons. The van der Waals surface area contributed by atoms with Gasteiger partial charge >= 0.3 is 6.03 Å². The number of carbonyl (C=O) groups is 3. The molecule has 1 spiro atoms. The molecule has 1 saturated heterocycles. The van der Waals surface area contributed by atoms with Gasteiger partial charge in [0.2, 0.25) is 5.91 Å². The second-order valence-corrected chi connectivity index (χ2v) is 8.13. The van der Waals surface area contributed by atoms with Crippen LogP contribution in [0.25, 0.3) is 0 Å². The Morgan fingerprint density at radius 2 is 1.97 bits per heavy atom. The Labute approximate surface area is 176 Å². The van der Waals surface area contributed by atoms with Gasteiger partial charge in [-0.15, -0.1) is 0 Å². The molecule has 2 heterocycles. The SMILES string of the molecule is CCN(Cc1cccc2c1OCCO2)C(=O)CCCN1C(=O)NC2(CCCC2)C1=O. The van der Waals surface area contributed by atoms with Crippen molar-refractivity contribution < 1.29 is 23.9 Å². The van der Waals surface area contributed by atoms with Gasteiger partial charge in [0.15, 0.2) is 11.5 Å². The van der Waals surface area contributed by atoms with Gasteiger partial charge < -0.3 is 19.7 Å². The van der Waals surface area contributed by atoms with E-state index >= 15 is 0 Å². The van der Waals surface area contributed by atoms with Gasteiger partial charge in [0.1, 0.15) is 18.8 Å². The molecule has 1 N–H and O–H groups in total. The highest BCUT2D eigenvalue weighted by Crippen LogP contribution is 2.36. The molecule has 1 saturated carbocycles. The Morgan fingerprint density at radius 3 is 2.73 bits per heavy atom. The summed E-state index contributed by atoms with van der Waals surface area (Å²) >= 11 is 0. The number of urea groups is 1. The molecule has 8 heteroatoms. The molecule has 0 radical (unpaired) electrons. The first-order chi connectivity index (χ1) is 14.5. The Hall–Kier alpha value is -2.77. The Balaban J connectivity index is 1.32. The fourth-order valence-corrected chi connectivity index (χ4v) is 4.58. The molecule has 8 nitrogen and oxygen atoms in total. The highest BCUT2D eigenvalue weighted by molar-refractivity contribution is 6.07. The maximum atomic E-state index is 12.8. The largest absolute Gasteiger partial charge is 0.486 e. The van der Waals surface area contributed by atoms with Crippen LogP contribution < -0.4 is 14.8 Å². The van der Waals surface area contributed by atoms with Crippen LogP contribution in [0.15, 0.2) is 18.2 Å². The first-order valence-electron chi connectivity index (χ1n) is 10.8. The summed E-state index contributed by atoms with van der Waals surface area (Å²) in [5, 5.41) is 2.88. The summed E-state index contributed by atoms with van der Waals surface area (Å²) in [4.78, 5) is 40.8. The van der Waals surface area contributed by atoms with Crippen LogP contribution in [0.2, 0.25) is 0 Å². The molecule has 30 heavy (non-hydrogen) atoms. The van der Waals surface area contributed by atoms with Crippen molar-refractivity contribution in [3.05, 3.63) is 23.8 Å². The summed E-state index contributed by atoms with van der Waals surface area (Å²) in [5.74, 6) is 1.28. The first kappa shape index (κ1) is 20.5. The molecule has 0 bridgehead atoms. The first-order valence-corrected chi connectivity index (χ1v) is 10.8. The molecule has 0 unspecified atom stereocenters. The van der Waals surface area contributed by atoms with Crippen molar-refractivity contribution in [2.24, 2.45) is 0 Å². The van der Waals surface area contributed by atoms with E-state index in [4.69, 9.17) is 9.47 Å². The summed E-state index contributed by atoms with van der Waals surface area (Å²) in [5.41, 5.74) is 0.227. The van der Waals surface area contributed by atoms with Crippen LogP contribution in [0.5, 0.6) is 11.5 Å². The van der Waals surface area contributed by atoms with Crippen molar-refractivity contribution in [1.82, 2.24) is 15.1 Å². The van der Waals surface area contributed by atoms with E-state index < -0.39 is 5.54 Å². The number of fused-ring (bicyclic) bond motifs is 1. The molecule has 0 aromatic heterocycles. The summed E-state index contributed by atoms with van der Waals surface area (Å²) in [6.07, 6.45) is 4.08. The van der Waals surface area contributed by atoms with Crippen molar-refractivity contribution in [2.75, 3.05) is 26.3 Å². The molecule has 1 aromatic carbocycles. The van der Waals surface area contributed by atoms with Gasteiger partial charge in [-0.3, -0.25) is 14.5 Å². The smallest absolute Gasteiger partial charge is 0.325 e. The minimum absolute atomic E-state index is 0.00513. The van der Waals surface area contributed by atoms with E-state index in [1.807, 2.05) is 25.1 Å². The van der Waals surface area contributed by atoms with E-state index in [0.29, 0.717) is 57.1 Å². The maximum Gasteiger partial charge on any atom is 0.325 e. The van der Waals surface area contributed by atoms with Gasteiger partial charge in [0.05, 0.1) is 0 Å². The Kier molecular flexibility index (Phi) is 5.83. The lowest BCUT2D eigenvalue weighted by atomic mass is 9.98. The van der Waals surface area contributed by atoms with Crippen LogP contribution in [0.4, 0.5) is 4.79 Å². The second kappa shape index (κ2) is 8.53. The average molecular weight is 415 g/mol. The molecule has 1 aliphatic carbocycles. The summed E-state index contributed by atoms with van der Waals surface area (Å²) in [7, 11) is 0. The number of para-hydroxylation sites is 1. The van der Waals surface area contributed by atoms with Crippen LogP contribution in [-0.2, 0) is 16.1 Å². The monoisotopic (exact) mass is 415 g/mol. The van der Waals surface area contributed by atoms with E-state index in [-0.39, 0.29) is 30.8 Å². The fourth-order valence-electron chi connectivity index (χ4n) is 4.58. The van der Waals surface area contributed by atoms with Crippen LogP contribution in [0.1, 0.15) is 51.0 Å². The quantitative estimate of drug-likeness (QED) is 0.691. The number of nitrogens with one attached hydrogen (secondary N) is 1. The number of nitrogens with zero attached hydrogens (tertiary/aromatic N) is 2. The highest BCUT2D eigenvalue weighted by Gasteiger charge is 2.52. The lowest BCUT2D eigenvalue weighted by Gasteiger charge is -2.25. The number of hydrogen-bond acceptors (Lipinski definition) is 5. The average Bonchev–Trinajstić information content (AvgIpc) is 3.32. The van der Waals surface area contributed by atoms with Gasteiger partial charge in [0.25, 0.3) is 5.91 Å². The minimum Gasteiger partial charge on any atom is -0.486 e. The zero-order valence-corrected chi connectivity index (χ0v) is 17.4. The van der Waals surface area contributed by atoms with Crippen LogP contribution in [0.3, 0.4) is 0 Å². The molecule has 2 fully saturated rings. The maximum absolute atomic E-state index is 12.8. The summed E-state index contributed by atoms with van der Waals surface area (Å²) in [6, 6.07) is 5.38. The van der Waals surface area contributed by atoms with Gasteiger partial charge in [-0.25, -0.2) is 4.79 Å². The molecule has 2 aliphatic heterocycles. The molecule has 3 aliphatic rings. The van der Waals surface area contributed by atoms with E-state index in [1.54, 1.807) is 4.90 Å². The fraction of sp³-hybridized carbons (Fsp3) is 0.591. The van der Waals surface area contributed by atoms with Crippen molar-refractivity contribution in [3.63, 3.8) is 0 Å². The van der Waals surface area contributed by atoms with Crippen LogP contribution >= 0.6 is 0 Å². The predicted octanol–water partition coefficient (Wildman–Crippen LogP) is 2.45. The van der Waals surface area contributed by atoms with E-state index in [9.17, 15) is 14.4 Å². The van der Waals surface area contributed by atoms with Crippen molar-refractivity contribution in [3.8, 4) is 11.5 Å².